The Bertz CT molecular complexity index is 899. The monoisotopic (exact) mass is 323 g/mol. The van der Waals surface area contributed by atoms with E-state index < -0.39 is 0 Å². The number of carbonyl (C=O) groups is 1. The Hall–Kier alpha value is -3.35. The smallest absolute Gasteiger partial charge is 0.330 e. The van der Waals surface area contributed by atoms with Crippen LogP contribution in [0.5, 0.6) is 0 Å². The molecule has 2 aromatic heterocycles. The summed E-state index contributed by atoms with van der Waals surface area (Å²) in [6.45, 7) is 2.18. The molecule has 0 atom stereocenters. The first-order valence-electron chi connectivity index (χ1n) is 7.45. The summed E-state index contributed by atoms with van der Waals surface area (Å²) in [6, 6.07) is 10.5. The Morgan fingerprint density at radius 2 is 2.08 bits per heavy atom. The van der Waals surface area contributed by atoms with Gasteiger partial charge in [-0.25, -0.2) is 9.59 Å². The van der Waals surface area contributed by atoms with E-state index in [-0.39, 0.29) is 11.7 Å². The summed E-state index contributed by atoms with van der Waals surface area (Å²) in [7, 11) is 0. The van der Waals surface area contributed by atoms with E-state index >= 15 is 0 Å². The van der Waals surface area contributed by atoms with Crippen molar-refractivity contribution in [1.82, 2.24) is 19.9 Å². The summed E-state index contributed by atoms with van der Waals surface area (Å²) in [5, 5.41) is 5.54. The van der Waals surface area contributed by atoms with E-state index in [9.17, 15) is 9.59 Å². The topological polar surface area (TPSA) is 91.8 Å². The van der Waals surface area contributed by atoms with E-state index in [2.05, 4.69) is 20.6 Å². The lowest BCUT2D eigenvalue weighted by atomic mass is 10.2. The molecule has 0 unspecified atom stereocenters. The van der Waals surface area contributed by atoms with Crippen LogP contribution in [-0.2, 0) is 6.54 Å². The van der Waals surface area contributed by atoms with Crippen molar-refractivity contribution in [2.24, 2.45) is 0 Å². The first kappa shape index (κ1) is 15.5. The van der Waals surface area contributed by atoms with Crippen LogP contribution in [0.25, 0.3) is 5.69 Å². The number of pyridine rings is 1. The second-order valence-corrected chi connectivity index (χ2v) is 5.26. The minimum absolute atomic E-state index is 0.252. The number of hydrogen-bond acceptors (Lipinski definition) is 3. The number of para-hydroxylation sites is 2. The normalized spacial score (nSPS) is 10.4. The van der Waals surface area contributed by atoms with Crippen LogP contribution < -0.4 is 16.3 Å². The van der Waals surface area contributed by atoms with Crippen molar-refractivity contribution in [1.29, 1.82) is 0 Å². The maximum Gasteiger partial charge on any atom is 0.330 e. The number of hydrogen-bond donors (Lipinski definition) is 3. The molecule has 122 valence electrons. The number of rotatable bonds is 4. The Morgan fingerprint density at radius 3 is 2.79 bits per heavy atom. The van der Waals surface area contributed by atoms with Crippen molar-refractivity contribution in [3.8, 4) is 5.69 Å². The second-order valence-electron chi connectivity index (χ2n) is 5.26. The van der Waals surface area contributed by atoms with Crippen LogP contribution in [0.1, 0.15) is 11.3 Å². The number of carbonyl (C=O) groups excluding carboxylic acids is 1. The lowest BCUT2D eigenvalue weighted by Crippen LogP contribution is -2.29. The molecule has 7 heteroatoms. The third-order valence-corrected chi connectivity index (χ3v) is 3.53. The molecule has 24 heavy (non-hydrogen) atoms. The lowest BCUT2D eigenvalue weighted by molar-refractivity contribution is 0.251. The second kappa shape index (κ2) is 6.82. The fourth-order valence-corrected chi connectivity index (χ4v) is 2.38. The Labute approximate surface area is 138 Å². The van der Waals surface area contributed by atoms with Crippen LogP contribution in [0.15, 0.2) is 59.8 Å². The van der Waals surface area contributed by atoms with Gasteiger partial charge in [0.05, 0.1) is 11.4 Å². The van der Waals surface area contributed by atoms with Gasteiger partial charge in [-0.15, -0.1) is 0 Å². The molecule has 3 rings (SSSR count). The average molecular weight is 323 g/mol. The van der Waals surface area contributed by atoms with Gasteiger partial charge in [0.2, 0.25) is 0 Å². The van der Waals surface area contributed by atoms with E-state index in [0.717, 1.165) is 11.3 Å². The van der Waals surface area contributed by atoms with E-state index in [1.54, 1.807) is 36.8 Å². The number of aromatic nitrogens is 3. The zero-order chi connectivity index (χ0) is 16.9. The van der Waals surface area contributed by atoms with Gasteiger partial charge in [0.15, 0.2) is 0 Å². The number of urea groups is 1. The predicted molar refractivity (Wildman–Crippen MR) is 91.2 cm³/mol. The van der Waals surface area contributed by atoms with Crippen molar-refractivity contribution >= 4 is 11.7 Å². The van der Waals surface area contributed by atoms with Gasteiger partial charge in [-0.3, -0.25) is 9.55 Å². The van der Waals surface area contributed by atoms with Gasteiger partial charge in [-0.05, 0) is 30.7 Å². The number of imidazole rings is 1. The predicted octanol–water partition coefficient (Wildman–Crippen LogP) is 2.19. The quantitative estimate of drug-likeness (QED) is 0.687. The Kier molecular flexibility index (Phi) is 4.42. The number of benzene rings is 1. The highest BCUT2D eigenvalue weighted by Crippen LogP contribution is 2.19. The van der Waals surface area contributed by atoms with Crippen LogP contribution in [-0.4, -0.2) is 20.6 Å². The van der Waals surface area contributed by atoms with E-state index in [1.165, 1.54) is 4.57 Å². The van der Waals surface area contributed by atoms with Crippen molar-refractivity contribution in [3.63, 3.8) is 0 Å². The van der Waals surface area contributed by atoms with Crippen LogP contribution >= 0.6 is 0 Å². The van der Waals surface area contributed by atoms with Crippen molar-refractivity contribution in [2.75, 3.05) is 5.32 Å². The molecule has 0 aliphatic heterocycles. The molecule has 0 spiro atoms. The first-order chi connectivity index (χ1) is 11.6. The molecule has 3 aromatic rings. The number of anilines is 1. The lowest BCUT2D eigenvalue weighted by Gasteiger charge is -2.13. The summed E-state index contributed by atoms with van der Waals surface area (Å²) in [4.78, 5) is 30.7. The zero-order valence-electron chi connectivity index (χ0n) is 13.1. The first-order valence-corrected chi connectivity index (χ1v) is 7.45. The van der Waals surface area contributed by atoms with Crippen LogP contribution in [0, 0.1) is 6.92 Å². The highest BCUT2D eigenvalue weighted by atomic mass is 16.2. The minimum atomic E-state index is -0.354. The van der Waals surface area contributed by atoms with Crippen LogP contribution in [0.4, 0.5) is 10.5 Å². The summed E-state index contributed by atoms with van der Waals surface area (Å²) in [6.07, 6.45) is 5.00. The van der Waals surface area contributed by atoms with Gasteiger partial charge in [-0.2, -0.15) is 0 Å². The molecule has 0 aliphatic carbocycles. The SMILES string of the molecule is Cc1c[nH]c(=O)n1-c1ccccc1NC(=O)NCc1cccnc1. The largest absolute Gasteiger partial charge is 0.334 e. The third-order valence-electron chi connectivity index (χ3n) is 3.53. The fourth-order valence-electron chi connectivity index (χ4n) is 2.38. The maximum atomic E-state index is 12.1. The van der Waals surface area contributed by atoms with Crippen LogP contribution in [0.3, 0.4) is 0 Å². The molecule has 0 aliphatic rings. The van der Waals surface area contributed by atoms with E-state index in [0.29, 0.717) is 17.9 Å². The standard InChI is InChI=1S/C17H17N5O2/c1-12-9-20-17(24)22(12)15-7-3-2-6-14(15)21-16(23)19-11-13-5-4-8-18-10-13/h2-10H,11H2,1H3,(H,20,24)(H2,19,21,23). The summed E-state index contributed by atoms with van der Waals surface area (Å²) in [5.74, 6) is 0. The molecule has 0 saturated heterocycles. The average Bonchev–Trinajstić information content (AvgIpc) is 2.93. The van der Waals surface area contributed by atoms with Crippen molar-refractivity contribution in [3.05, 3.63) is 76.7 Å². The molecule has 0 bridgehead atoms. The fraction of sp³-hybridized carbons (Fsp3) is 0.118. The van der Waals surface area contributed by atoms with Gasteiger partial charge >= 0.3 is 11.7 Å². The molecular formula is C17H17N5O2. The number of aryl methyl sites for hydroxylation is 1. The number of nitrogens with zero attached hydrogens (tertiary/aromatic N) is 2. The molecule has 0 saturated carbocycles. The van der Waals surface area contributed by atoms with Gasteiger partial charge < -0.3 is 15.6 Å². The molecular weight excluding hydrogens is 306 g/mol. The molecule has 3 N–H and O–H groups in total. The van der Waals surface area contributed by atoms with Crippen LogP contribution in [0.2, 0.25) is 0 Å². The number of amides is 2. The van der Waals surface area contributed by atoms with E-state index in [1.807, 2.05) is 25.1 Å². The maximum absolute atomic E-state index is 12.1. The molecule has 2 amide bonds. The Balaban J connectivity index is 1.76. The van der Waals surface area contributed by atoms with Gasteiger partial charge in [-0.1, -0.05) is 18.2 Å². The van der Waals surface area contributed by atoms with Gasteiger partial charge in [0.25, 0.3) is 0 Å². The molecule has 2 heterocycles. The molecule has 7 nitrogen and oxygen atoms in total. The summed E-state index contributed by atoms with van der Waals surface area (Å²) >= 11 is 0. The number of nitrogens with one attached hydrogen (secondary N) is 3. The zero-order valence-corrected chi connectivity index (χ0v) is 13.1. The highest BCUT2D eigenvalue weighted by Gasteiger charge is 2.11. The van der Waals surface area contributed by atoms with Crippen molar-refractivity contribution in [2.45, 2.75) is 13.5 Å². The third kappa shape index (κ3) is 3.35. The Morgan fingerprint density at radius 1 is 1.25 bits per heavy atom. The summed E-state index contributed by atoms with van der Waals surface area (Å²) < 4.78 is 1.51. The van der Waals surface area contributed by atoms with Crippen molar-refractivity contribution < 1.29 is 4.79 Å². The molecule has 1 aromatic carbocycles. The number of aromatic amines is 1. The summed E-state index contributed by atoms with van der Waals surface area (Å²) in [5.41, 5.74) is 2.56. The molecule has 0 radical (unpaired) electrons. The number of H-pyrrole nitrogens is 1. The highest BCUT2D eigenvalue weighted by molar-refractivity contribution is 5.91. The minimum Gasteiger partial charge on any atom is -0.334 e. The van der Waals surface area contributed by atoms with Gasteiger partial charge in [0.1, 0.15) is 0 Å². The molecule has 0 fully saturated rings. The van der Waals surface area contributed by atoms with Gasteiger partial charge in [0, 0.05) is 30.8 Å². The van der Waals surface area contributed by atoms with E-state index in [4.69, 9.17) is 0 Å².